The Labute approximate surface area is 186 Å². The molecule has 0 saturated carbocycles. The highest BCUT2D eigenvalue weighted by Crippen LogP contribution is 2.35. The molecule has 32 heavy (non-hydrogen) atoms. The average Bonchev–Trinajstić information content (AvgIpc) is 2.74. The monoisotopic (exact) mass is 440 g/mol. The van der Waals surface area contributed by atoms with Crippen molar-refractivity contribution in [2.75, 3.05) is 5.73 Å². The summed E-state index contributed by atoms with van der Waals surface area (Å²) in [7, 11) is 0. The summed E-state index contributed by atoms with van der Waals surface area (Å²) in [4.78, 5) is 32.2. The summed E-state index contributed by atoms with van der Waals surface area (Å²) in [6.07, 6.45) is 5.12. The largest absolute Gasteiger partial charge is 0.458 e. The maximum atomic E-state index is 11.0. The Morgan fingerprint density at radius 2 is 1.41 bits per heavy atom. The first kappa shape index (κ1) is 23.2. The standard InChI is InChI=1S/C12H13NO4.C12H15NO2/c1-8(14)17-12-4-2-3-9-5-6-10(13(15)16)7-11(9)12;1-8(14)15-12-4-2-3-9-5-6-10(13)7-11(9)12/h5-7,12H,2-4H2,1H3;5-7,12H,2-4,13H2,1H3. The molecule has 0 bridgehead atoms. The molecule has 2 aromatic rings. The van der Waals surface area contributed by atoms with Gasteiger partial charge in [0.15, 0.2) is 0 Å². The zero-order chi connectivity index (χ0) is 23.3. The van der Waals surface area contributed by atoms with Gasteiger partial charge in [-0.1, -0.05) is 12.1 Å². The first-order valence-electron chi connectivity index (χ1n) is 10.7. The van der Waals surface area contributed by atoms with E-state index in [2.05, 4.69) is 0 Å². The van der Waals surface area contributed by atoms with E-state index in [0.29, 0.717) is 0 Å². The summed E-state index contributed by atoms with van der Waals surface area (Å²) in [5.74, 6) is -0.579. The Bertz CT molecular complexity index is 1020. The summed E-state index contributed by atoms with van der Waals surface area (Å²) < 4.78 is 10.5. The van der Waals surface area contributed by atoms with Gasteiger partial charge in [-0.2, -0.15) is 0 Å². The number of hydrogen-bond donors (Lipinski definition) is 1. The fraction of sp³-hybridized carbons (Fsp3) is 0.417. The third-order valence-electron chi connectivity index (χ3n) is 5.65. The smallest absolute Gasteiger partial charge is 0.303 e. The van der Waals surface area contributed by atoms with Crippen molar-refractivity contribution in [3.8, 4) is 0 Å². The van der Waals surface area contributed by atoms with E-state index < -0.39 is 4.92 Å². The minimum Gasteiger partial charge on any atom is -0.458 e. The number of esters is 2. The molecule has 2 aliphatic carbocycles. The second kappa shape index (κ2) is 10.3. The van der Waals surface area contributed by atoms with Crippen LogP contribution in [0.2, 0.25) is 0 Å². The highest BCUT2D eigenvalue weighted by atomic mass is 16.6. The van der Waals surface area contributed by atoms with Crippen LogP contribution in [0.4, 0.5) is 11.4 Å². The molecule has 0 saturated heterocycles. The number of aryl methyl sites for hydroxylation is 2. The molecule has 2 N–H and O–H groups in total. The highest BCUT2D eigenvalue weighted by molar-refractivity contribution is 5.67. The molecule has 0 fully saturated rings. The first-order chi connectivity index (χ1) is 15.2. The van der Waals surface area contributed by atoms with Crippen LogP contribution in [-0.2, 0) is 31.9 Å². The van der Waals surface area contributed by atoms with Gasteiger partial charge in [0.25, 0.3) is 5.69 Å². The molecular weight excluding hydrogens is 412 g/mol. The number of nitrogen functional groups attached to an aromatic ring is 1. The second-order valence-electron chi connectivity index (χ2n) is 8.08. The number of nitro benzene ring substituents is 1. The molecule has 4 rings (SSSR count). The molecule has 8 nitrogen and oxygen atoms in total. The average molecular weight is 440 g/mol. The van der Waals surface area contributed by atoms with E-state index in [4.69, 9.17) is 15.2 Å². The van der Waals surface area contributed by atoms with Crippen molar-refractivity contribution < 1.29 is 24.0 Å². The first-order valence-corrected chi connectivity index (χ1v) is 10.7. The molecule has 2 unspecified atom stereocenters. The molecule has 0 aliphatic heterocycles. The van der Waals surface area contributed by atoms with Gasteiger partial charge in [-0.25, -0.2) is 0 Å². The van der Waals surface area contributed by atoms with Crippen LogP contribution in [0, 0.1) is 10.1 Å². The third-order valence-corrected chi connectivity index (χ3v) is 5.65. The number of benzene rings is 2. The van der Waals surface area contributed by atoms with E-state index in [0.717, 1.165) is 60.9 Å². The molecule has 2 aromatic carbocycles. The van der Waals surface area contributed by atoms with Crippen LogP contribution in [0.3, 0.4) is 0 Å². The number of rotatable bonds is 3. The van der Waals surface area contributed by atoms with Gasteiger partial charge in [0, 0.05) is 37.2 Å². The van der Waals surface area contributed by atoms with Gasteiger partial charge in [0.2, 0.25) is 0 Å². The maximum absolute atomic E-state index is 11.0. The van der Waals surface area contributed by atoms with E-state index in [9.17, 15) is 19.7 Å². The number of ether oxygens (including phenoxy) is 2. The van der Waals surface area contributed by atoms with Crippen molar-refractivity contribution in [3.63, 3.8) is 0 Å². The second-order valence-corrected chi connectivity index (χ2v) is 8.08. The maximum Gasteiger partial charge on any atom is 0.303 e. The number of nitrogens with zero attached hydrogens (tertiary/aromatic N) is 1. The zero-order valence-corrected chi connectivity index (χ0v) is 18.3. The minimum absolute atomic E-state index is 0.0443. The number of carbonyl (C=O) groups excluding carboxylic acids is 2. The number of non-ortho nitro benzene ring substituents is 1. The molecule has 8 heteroatoms. The minimum atomic E-state index is -0.431. The number of hydrogen-bond acceptors (Lipinski definition) is 7. The Morgan fingerprint density at radius 1 is 0.906 bits per heavy atom. The van der Waals surface area contributed by atoms with E-state index in [-0.39, 0.29) is 29.8 Å². The van der Waals surface area contributed by atoms with Crippen LogP contribution in [0.25, 0.3) is 0 Å². The van der Waals surface area contributed by atoms with Gasteiger partial charge in [-0.15, -0.1) is 0 Å². The van der Waals surface area contributed by atoms with E-state index in [1.54, 1.807) is 6.07 Å². The van der Waals surface area contributed by atoms with Gasteiger partial charge >= 0.3 is 11.9 Å². The highest BCUT2D eigenvalue weighted by Gasteiger charge is 2.25. The predicted octanol–water partition coefficient (Wildman–Crippen LogP) is 4.74. The Balaban J connectivity index is 0.000000182. The molecule has 0 heterocycles. The van der Waals surface area contributed by atoms with Crippen molar-refractivity contribution in [2.24, 2.45) is 0 Å². The van der Waals surface area contributed by atoms with Crippen LogP contribution < -0.4 is 5.73 Å². The normalized spacial score (nSPS) is 18.8. The summed E-state index contributed by atoms with van der Waals surface area (Å²) in [5, 5.41) is 10.7. The quantitative estimate of drug-likeness (QED) is 0.316. The SMILES string of the molecule is CC(=O)OC1CCCc2ccc(N)cc21.CC(=O)OC1CCCc2ccc([N+](=O)[O-])cc21. The Kier molecular flexibility index (Phi) is 7.45. The van der Waals surface area contributed by atoms with Crippen molar-refractivity contribution in [1.29, 1.82) is 0 Å². The van der Waals surface area contributed by atoms with Crippen molar-refractivity contribution in [3.05, 3.63) is 68.8 Å². The fourth-order valence-electron chi connectivity index (χ4n) is 4.28. The van der Waals surface area contributed by atoms with Crippen molar-refractivity contribution in [2.45, 2.75) is 64.6 Å². The van der Waals surface area contributed by atoms with Crippen molar-refractivity contribution >= 4 is 23.3 Å². The molecule has 2 aliphatic rings. The molecule has 0 spiro atoms. The van der Waals surface area contributed by atoms with E-state index in [1.807, 2.05) is 18.2 Å². The van der Waals surface area contributed by atoms with E-state index in [1.165, 1.54) is 31.5 Å². The van der Waals surface area contributed by atoms with Gasteiger partial charge < -0.3 is 15.2 Å². The molecule has 0 aromatic heterocycles. The lowest BCUT2D eigenvalue weighted by Crippen LogP contribution is -2.15. The van der Waals surface area contributed by atoms with Gasteiger partial charge in [-0.05, 0) is 67.3 Å². The number of nitro groups is 1. The summed E-state index contributed by atoms with van der Waals surface area (Å²) in [6, 6.07) is 10.6. The Hall–Kier alpha value is -3.42. The lowest BCUT2D eigenvalue weighted by molar-refractivity contribution is -0.385. The van der Waals surface area contributed by atoms with Gasteiger partial charge in [-0.3, -0.25) is 19.7 Å². The van der Waals surface area contributed by atoms with Gasteiger partial charge in [0.05, 0.1) is 4.92 Å². The summed E-state index contributed by atoms with van der Waals surface area (Å²) >= 11 is 0. The predicted molar refractivity (Wildman–Crippen MR) is 119 cm³/mol. The number of nitrogens with two attached hydrogens (primary N) is 1. The third kappa shape index (κ3) is 5.84. The summed E-state index contributed by atoms with van der Waals surface area (Å²) in [6.45, 7) is 2.80. The Morgan fingerprint density at radius 3 is 1.91 bits per heavy atom. The number of anilines is 1. The number of fused-ring (bicyclic) bond motifs is 2. The van der Waals surface area contributed by atoms with Crippen molar-refractivity contribution in [1.82, 2.24) is 0 Å². The van der Waals surface area contributed by atoms with Crippen LogP contribution >= 0.6 is 0 Å². The zero-order valence-electron chi connectivity index (χ0n) is 18.3. The molecule has 2 atom stereocenters. The van der Waals surface area contributed by atoms with Crippen LogP contribution in [0.5, 0.6) is 0 Å². The van der Waals surface area contributed by atoms with Crippen LogP contribution in [-0.4, -0.2) is 16.9 Å². The lowest BCUT2D eigenvalue weighted by Gasteiger charge is -2.25. The van der Waals surface area contributed by atoms with E-state index >= 15 is 0 Å². The lowest BCUT2D eigenvalue weighted by atomic mass is 9.89. The van der Waals surface area contributed by atoms with Crippen LogP contribution in [0.15, 0.2) is 36.4 Å². The van der Waals surface area contributed by atoms with Crippen LogP contribution in [0.1, 0.15) is 74.0 Å². The number of carbonyl (C=O) groups is 2. The molecule has 0 amide bonds. The summed E-state index contributed by atoms with van der Waals surface area (Å²) in [5.41, 5.74) is 10.7. The molecule has 0 radical (unpaired) electrons. The fourth-order valence-corrected chi connectivity index (χ4v) is 4.28. The molecular formula is C24H28N2O6. The molecule has 170 valence electrons. The van der Waals surface area contributed by atoms with Gasteiger partial charge in [0.1, 0.15) is 12.2 Å². The topological polar surface area (TPSA) is 122 Å².